The molecule has 1 saturated heterocycles. The molecule has 0 spiro atoms. The first-order valence-corrected chi connectivity index (χ1v) is 8.06. The summed E-state index contributed by atoms with van der Waals surface area (Å²) in [7, 11) is -1.13. The van der Waals surface area contributed by atoms with Gasteiger partial charge in [0, 0.05) is 6.42 Å². The van der Waals surface area contributed by atoms with Crippen LogP contribution in [0.3, 0.4) is 0 Å². The van der Waals surface area contributed by atoms with Crippen molar-refractivity contribution in [2.75, 3.05) is 0 Å². The van der Waals surface area contributed by atoms with Crippen LogP contribution in [0.4, 0.5) is 4.39 Å². The maximum atomic E-state index is 15.2. The molecule has 0 bridgehead atoms. The Labute approximate surface area is 142 Å². The summed E-state index contributed by atoms with van der Waals surface area (Å²) in [4.78, 5) is 10.9. The van der Waals surface area contributed by atoms with E-state index >= 15 is 4.39 Å². The average molecular weight is 334 g/mol. The zero-order chi connectivity index (χ0) is 18.1. The monoisotopic (exact) mass is 334 g/mol. The summed E-state index contributed by atoms with van der Waals surface area (Å²) in [5, 5.41) is 8.97. The first-order valence-electron chi connectivity index (χ1n) is 8.06. The number of halogens is 1. The molecule has 130 valence electrons. The summed E-state index contributed by atoms with van der Waals surface area (Å²) in [6.07, 6.45) is -0.0785. The molecule has 0 atom stereocenters. The Morgan fingerprint density at radius 1 is 1.17 bits per heavy atom. The number of hydrogen-bond donors (Lipinski definition) is 1. The predicted molar refractivity (Wildman–Crippen MR) is 92.2 cm³/mol. The number of hydrogen-bond acceptors (Lipinski definition) is 3. The van der Waals surface area contributed by atoms with Gasteiger partial charge >= 0.3 is 13.1 Å². The van der Waals surface area contributed by atoms with Gasteiger partial charge in [-0.25, -0.2) is 4.39 Å². The lowest BCUT2D eigenvalue weighted by molar-refractivity contribution is -0.136. The normalized spacial score (nSPS) is 20.0. The second kappa shape index (κ2) is 6.69. The van der Waals surface area contributed by atoms with Crippen LogP contribution in [0.5, 0.6) is 0 Å². The summed E-state index contributed by atoms with van der Waals surface area (Å²) in [6.45, 7) is 9.31. The summed E-state index contributed by atoms with van der Waals surface area (Å²) in [5.41, 5.74) is 0.0876. The smallest absolute Gasteiger partial charge is 0.481 e. The van der Waals surface area contributed by atoms with Crippen LogP contribution in [-0.2, 0) is 14.1 Å². The Hall–Kier alpha value is -1.66. The number of rotatable bonds is 5. The van der Waals surface area contributed by atoms with Crippen molar-refractivity contribution < 1.29 is 23.6 Å². The van der Waals surface area contributed by atoms with Crippen LogP contribution in [-0.4, -0.2) is 29.4 Å². The van der Waals surface area contributed by atoms with Gasteiger partial charge in [0.25, 0.3) is 0 Å². The van der Waals surface area contributed by atoms with E-state index in [9.17, 15) is 4.79 Å². The van der Waals surface area contributed by atoms with Crippen LogP contribution < -0.4 is 0 Å². The molecule has 1 aromatic rings. The molecule has 2 rings (SSSR count). The highest BCUT2D eigenvalue weighted by Gasteiger charge is 2.53. The summed E-state index contributed by atoms with van der Waals surface area (Å²) >= 11 is 0. The molecule has 1 aromatic carbocycles. The highest BCUT2D eigenvalue weighted by Crippen LogP contribution is 2.40. The Balaban J connectivity index is 2.41. The van der Waals surface area contributed by atoms with E-state index in [1.807, 2.05) is 52.8 Å². The molecule has 1 aliphatic heterocycles. The lowest BCUT2D eigenvalue weighted by atomic mass is 9.81. The molecule has 4 nitrogen and oxygen atoms in total. The zero-order valence-electron chi connectivity index (χ0n) is 14.9. The molecule has 0 amide bonds. The van der Waals surface area contributed by atoms with Gasteiger partial charge in [-0.15, -0.1) is 0 Å². The van der Waals surface area contributed by atoms with Gasteiger partial charge in [0.2, 0.25) is 0 Å². The Morgan fingerprint density at radius 3 is 2.25 bits per heavy atom. The summed E-state index contributed by atoms with van der Waals surface area (Å²) in [5.74, 6) is -0.970. The van der Waals surface area contributed by atoms with E-state index in [1.165, 1.54) is 0 Å². The number of allylic oxidation sites excluding steroid dienone is 1. The standard InChI is InChI=1S/C18H24BFO4/c1-12-7-6-8-13(11-12)14(9-10-15(21)22)16(20)19-23-17(2,3)18(4,5)24-19/h6-8,11H,9-10H2,1-5H3,(H,21,22). The number of carboxylic acids is 1. The Morgan fingerprint density at radius 2 is 1.75 bits per heavy atom. The van der Waals surface area contributed by atoms with Crippen LogP contribution in [0.1, 0.15) is 51.7 Å². The molecular formula is C18H24BFO4. The van der Waals surface area contributed by atoms with Gasteiger partial charge in [-0.3, -0.25) is 4.79 Å². The molecule has 0 aromatic heterocycles. The van der Waals surface area contributed by atoms with Gasteiger partial charge in [0.15, 0.2) is 0 Å². The van der Waals surface area contributed by atoms with Gasteiger partial charge in [0.1, 0.15) is 5.73 Å². The predicted octanol–water partition coefficient (Wildman–Crippen LogP) is 4.17. The molecule has 0 saturated carbocycles. The van der Waals surface area contributed by atoms with Crippen LogP contribution in [0.15, 0.2) is 30.0 Å². The highest BCUT2D eigenvalue weighted by atomic mass is 19.1. The van der Waals surface area contributed by atoms with Crippen molar-refractivity contribution in [1.82, 2.24) is 0 Å². The molecule has 0 unspecified atom stereocenters. The van der Waals surface area contributed by atoms with Crippen molar-refractivity contribution >= 4 is 18.7 Å². The quantitative estimate of drug-likeness (QED) is 0.821. The Bertz CT molecular complexity index is 651. The van der Waals surface area contributed by atoms with Crippen molar-refractivity contribution in [1.29, 1.82) is 0 Å². The molecule has 1 N–H and O–H groups in total. The summed E-state index contributed by atoms with van der Waals surface area (Å²) in [6, 6.07) is 7.34. The average Bonchev–Trinajstić information content (AvgIpc) is 2.67. The number of aryl methyl sites for hydroxylation is 1. The maximum Gasteiger partial charge on any atom is 0.525 e. The van der Waals surface area contributed by atoms with Gasteiger partial charge in [-0.05, 0) is 52.2 Å². The minimum atomic E-state index is -1.13. The molecule has 1 aliphatic rings. The second-order valence-corrected chi connectivity index (χ2v) is 7.18. The third kappa shape index (κ3) is 3.87. The van der Waals surface area contributed by atoms with Gasteiger partial charge in [-0.2, -0.15) is 0 Å². The molecule has 6 heteroatoms. The van der Waals surface area contributed by atoms with Crippen LogP contribution in [0, 0.1) is 6.92 Å². The molecular weight excluding hydrogens is 310 g/mol. The number of carboxylic acid groups (broad SMARTS) is 1. The lowest BCUT2D eigenvalue weighted by Gasteiger charge is -2.32. The maximum absolute atomic E-state index is 15.2. The van der Waals surface area contributed by atoms with Crippen molar-refractivity contribution in [3.63, 3.8) is 0 Å². The largest absolute Gasteiger partial charge is 0.525 e. The fraction of sp³-hybridized carbons (Fsp3) is 0.500. The Kier molecular flexibility index (Phi) is 5.21. The van der Waals surface area contributed by atoms with E-state index in [2.05, 4.69) is 0 Å². The number of carbonyl (C=O) groups is 1. The molecule has 0 aliphatic carbocycles. The fourth-order valence-electron chi connectivity index (χ4n) is 2.56. The zero-order valence-corrected chi connectivity index (χ0v) is 14.9. The van der Waals surface area contributed by atoms with Gasteiger partial charge < -0.3 is 14.4 Å². The van der Waals surface area contributed by atoms with E-state index < -0.39 is 30.0 Å². The minimum absolute atomic E-state index is 0.0781. The van der Waals surface area contributed by atoms with Crippen molar-refractivity contribution in [3.8, 4) is 0 Å². The van der Waals surface area contributed by atoms with Crippen molar-refractivity contribution in [3.05, 3.63) is 41.1 Å². The second-order valence-electron chi connectivity index (χ2n) is 7.18. The first-order chi connectivity index (χ1) is 11.0. The van der Waals surface area contributed by atoms with Crippen molar-refractivity contribution in [2.24, 2.45) is 0 Å². The lowest BCUT2D eigenvalue weighted by Crippen LogP contribution is -2.41. The van der Waals surface area contributed by atoms with E-state index in [1.54, 1.807) is 6.07 Å². The van der Waals surface area contributed by atoms with E-state index in [0.29, 0.717) is 11.1 Å². The van der Waals surface area contributed by atoms with Crippen LogP contribution in [0.25, 0.3) is 5.57 Å². The topological polar surface area (TPSA) is 55.8 Å². The molecule has 1 heterocycles. The number of benzene rings is 1. The molecule has 1 fully saturated rings. The van der Waals surface area contributed by atoms with E-state index in [4.69, 9.17) is 14.4 Å². The fourth-order valence-corrected chi connectivity index (χ4v) is 2.56. The van der Waals surface area contributed by atoms with Crippen LogP contribution >= 0.6 is 0 Å². The minimum Gasteiger partial charge on any atom is -0.481 e. The van der Waals surface area contributed by atoms with E-state index in [-0.39, 0.29) is 12.8 Å². The van der Waals surface area contributed by atoms with Crippen LogP contribution in [0.2, 0.25) is 0 Å². The highest BCUT2D eigenvalue weighted by molar-refractivity contribution is 6.55. The third-order valence-electron chi connectivity index (χ3n) is 4.70. The van der Waals surface area contributed by atoms with E-state index in [0.717, 1.165) is 5.56 Å². The SMILES string of the molecule is Cc1cccc(C(CCC(=O)O)=C(F)B2OC(C)(C)C(C)(C)O2)c1. The van der Waals surface area contributed by atoms with Gasteiger partial charge in [-0.1, -0.05) is 29.8 Å². The summed E-state index contributed by atoms with van der Waals surface area (Å²) < 4.78 is 26.7. The number of aliphatic carboxylic acids is 1. The van der Waals surface area contributed by atoms with Crippen molar-refractivity contribution in [2.45, 2.75) is 58.7 Å². The first kappa shape index (κ1) is 18.7. The molecule has 0 radical (unpaired) electrons. The van der Waals surface area contributed by atoms with Gasteiger partial charge in [0.05, 0.1) is 11.2 Å². The third-order valence-corrected chi connectivity index (χ3v) is 4.70. The molecule has 24 heavy (non-hydrogen) atoms.